The fourth-order valence-electron chi connectivity index (χ4n) is 4.04. The quantitative estimate of drug-likeness (QED) is 0.107. The fourth-order valence-corrected chi connectivity index (χ4v) is 5.09. The van der Waals surface area contributed by atoms with Crippen molar-refractivity contribution in [2.24, 2.45) is 0 Å². The highest BCUT2D eigenvalue weighted by Gasteiger charge is 2.24. The van der Waals surface area contributed by atoms with E-state index in [1.54, 1.807) is 26.2 Å². The average Bonchev–Trinajstić information content (AvgIpc) is 3.45. The average molecular weight is 504 g/mol. The van der Waals surface area contributed by atoms with Crippen LogP contribution >= 0.6 is 11.8 Å². The number of non-ortho nitro benzene ring substituents is 1. The summed E-state index contributed by atoms with van der Waals surface area (Å²) in [6, 6.07) is 19.5. The lowest BCUT2D eigenvalue weighted by atomic mass is 10.1. The Bertz CT molecular complexity index is 1610. The van der Waals surface area contributed by atoms with Gasteiger partial charge in [-0.1, -0.05) is 42.1 Å². The van der Waals surface area contributed by atoms with Gasteiger partial charge >= 0.3 is 5.97 Å². The number of nitrogens with zero attached hydrogens (tertiary/aromatic N) is 3. The Morgan fingerprint density at radius 3 is 2.69 bits per heavy atom. The molecule has 0 amide bonds. The molecule has 0 atom stereocenters. The predicted molar refractivity (Wildman–Crippen MR) is 136 cm³/mol. The van der Waals surface area contributed by atoms with Crippen LogP contribution in [0.3, 0.4) is 0 Å². The van der Waals surface area contributed by atoms with Gasteiger partial charge in [0.2, 0.25) is 5.76 Å². The van der Waals surface area contributed by atoms with Gasteiger partial charge in [-0.25, -0.2) is 9.78 Å². The maximum absolute atomic E-state index is 12.6. The minimum atomic E-state index is -0.529. The second-order valence-electron chi connectivity index (χ2n) is 7.75. The van der Waals surface area contributed by atoms with Crippen molar-refractivity contribution < 1.29 is 23.6 Å². The van der Waals surface area contributed by atoms with Gasteiger partial charge in [0, 0.05) is 28.8 Å². The molecule has 0 bridgehead atoms. The first-order valence-electron chi connectivity index (χ1n) is 11.1. The summed E-state index contributed by atoms with van der Waals surface area (Å²) in [6.45, 7) is 1.97. The van der Waals surface area contributed by atoms with Crippen molar-refractivity contribution in [1.29, 1.82) is 0 Å². The number of aromatic nitrogens is 2. The van der Waals surface area contributed by atoms with Crippen molar-refractivity contribution in [3.8, 4) is 11.4 Å². The van der Waals surface area contributed by atoms with E-state index in [9.17, 15) is 14.9 Å². The van der Waals surface area contributed by atoms with Crippen LogP contribution in [0, 0.1) is 10.1 Å². The van der Waals surface area contributed by atoms with Gasteiger partial charge in [-0.2, -0.15) is 0 Å². The Balaban J connectivity index is 1.63. The molecule has 2 heterocycles. The summed E-state index contributed by atoms with van der Waals surface area (Å²) in [5.41, 5.74) is 3.13. The molecule has 36 heavy (non-hydrogen) atoms. The second-order valence-corrected chi connectivity index (χ2v) is 8.69. The van der Waals surface area contributed by atoms with E-state index >= 15 is 0 Å². The summed E-state index contributed by atoms with van der Waals surface area (Å²) in [5, 5.41) is 12.7. The first kappa shape index (κ1) is 23.4. The van der Waals surface area contributed by atoms with Crippen LogP contribution in [0.1, 0.15) is 23.0 Å². The molecule has 0 unspecified atom stereocenters. The Labute approximate surface area is 209 Å². The number of thioether (sulfide) groups is 1. The maximum Gasteiger partial charge on any atom is 0.374 e. The molecule has 5 aromatic rings. The molecule has 0 radical (unpaired) electrons. The van der Waals surface area contributed by atoms with Crippen molar-refractivity contribution in [3.63, 3.8) is 0 Å². The van der Waals surface area contributed by atoms with E-state index in [-0.39, 0.29) is 18.1 Å². The third-order valence-electron chi connectivity index (χ3n) is 5.65. The third-order valence-corrected chi connectivity index (χ3v) is 6.61. The number of rotatable bonds is 8. The Morgan fingerprint density at radius 2 is 1.92 bits per heavy atom. The highest BCUT2D eigenvalue weighted by molar-refractivity contribution is 7.98. The number of esters is 1. The standard InChI is InChI=1S/C26H21N3O6S/c1-3-34-25(30)24-18(17-8-4-6-10-22(17)35-24)15-36-26-27-19-14-16(29(31)32)12-13-20(19)28(26)21-9-5-7-11-23(21)33-2/h4-14H,3,15H2,1-2H3. The van der Waals surface area contributed by atoms with Crippen LogP contribution in [0.2, 0.25) is 0 Å². The number of hydrogen-bond donors (Lipinski definition) is 0. The number of methoxy groups -OCH3 is 1. The summed E-state index contributed by atoms with van der Waals surface area (Å²) in [5.74, 6) is 0.600. The number of carbonyl (C=O) groups excluding carboxylic acids is 1. The number of ether oxygens (including phenoxy) is 2. The molecule has 182 valence electrons. The zero-order valence-corrected chi connectivity index (χ0v) is 20.3. The predicted octanol–water partition coefficient (Wildman–Crippen LogP) is 6.16. The number of nitro benzene ring substituents is 1. The highest BCUT2D eigenvalue weighted by atomic mass is 32.2. The van der Waals surface area contributed by atoms with Crippen molar-refractivity contribution >= 4 is 45.4 Å². The van der Waals surface area contributed by atoms with Gasteiger partial charge in [0.1, 0.15) is 11.3 Å². The van der Waals surface area contributed by atoms with E-state index in [2.05, 4.69) is 0 Å². The molecule has 9 nitrogen and oxygen atoms in total. The molecule has 3 aromatic carbocycles. The molecule has 10 heteroatoms. The number of imidazole rings is 1. The van der Waals surface area contributed by atoms with E-state index < -0.39 is 10.9 Å². The van der Waals surface area contributed by atoms with Gasteiger partial charge in [0.15, 0.2) is 5.16 Å². The normalized spacial score (nSPS) is 11.2. The first-order valence-corrected chi connectivity index (χ1v) is 12.1. The second kappa shape index (κ2) is 9.74. The highest BCUT2D eigenvalue weighted by Crippen LogP contribution is 2.37. The largest absolute Gasteiger partial charge is 0.495 e. The van der Waals surface area contributed by atoms with Gasteiger partial charge in [0.25, 0.3) is 5.69 Å². The van der Waals surface area contributed by atoms with Gasteiger partial charge in [-0.3, -0.25) is 14.7 Å². The van der Waals surface area contributed by atoms with Crippen LogP contribution in [0.25, 0.3) is 27.7 Å². The van der Waals surface area contributed by atoms with Crippen LogP contribution in [0.5, 0.6) is 5.75 Å². The first-order chi connectivity index (χ1) is 17.5. The summed E-state index contributed by atoms with van der Waals surface area (Å²) in [4.78, 5) is 28.3. The molecule has 0 saturated heterocycles. The molecular weight excluding hydrogens is 482 g/mol. The lowest BCUT2D eigenvalue weighted by molar-refractivity contribution is -0.384. The monoisotopic (exact) mass is 503 g/mol. The zero-order valence-electron chi connectivity index (χ0n) is 19.5. The summed E-state index contributed by atoms with van der Waals surface area (Å²) >= 11 is 1.38. The topological polar surface area (TPSA) is 110 Å². The number of furan rings is 1. The number of hydrogen-bond acceptors (Lipinski definition) is 8. The van der Waals surface area contributed by atoms with E-state index in [1.807, 2.05) is 47.0 Å². The number of fused-ring (bicyclic) bond motifs is 2. The molecule has 0 aliphatic heterocycles. The summed E-state index contributed by atoms with van der Waals surface area (Å²) in [6.07, 6.45) is 0. The van der Waals surface area contributed by atoms with Crippen LogP contribution < -0.4 is 4.74 Å². The summed E-state index contributed by atoms with van der Waals surface area (Å²) in [7, 11) is 1.58. The van der Waals surface area contributed by atoms with E-state index in [1.165, 1.54) is 23.9 Å². The van der Waals surface area contributed by atoms with Crippen molar-refractivity contribution in [3.05, 3.63) is 88.2 Å². The number of para-hydroxylation sites is 3. The molecule has 0 saturated carbocycles. The minimum Gasteiger partial charge on any atom is -0.495 e. The smallest absolute Gasteiger partial charge is 0.374 e. The van der Waals surface area contributed by atoms with E-state index in [0.717, 1.165) is 11.1 Å². The Kier molecular flexibility index (Phi) is 6.34. The Hall–Kier alpha value is -4.31. The maximum atomic E-state index is 12.6. The third kappa shape index (κ3) is 4.16. The fraction of sp³-hybridized carbons (Fsp3) is 0.154. The van der Waals surface area contributed by atoms with E-state index in [0.29, 0.717) is 38.8 Å². The summed E-state index contributed by atoms with van der Waals surface area (Å²) < 4.78 is 18.5. The van der Waals surface area contributed by atoms with Crippen LogP contribution in [0.15, 0.2) is 76.3 Å². The van der Waals surface area contributed by atoms with Crippen LogP contribution in [-0.4, -0.2) is 34.2 Å². The van der Waals surface area contributed by atoms with Gasteiger partial charge in [-0.05, 0) is 31.2 Å². The van der Waals surface area contributed by atoms with Crippen molar-refractivity contribution in [2.75, 3.05) is 13.7 Å². The van der Waals surface area contributed by atoms with Crippen LogP contribution in [-0.2, 0) is 10.5 Å². The lowest BCUT2D eigenvalue weighted by Gasteiger charge is -2.13. The van der Waals surface area contributed by atoms with Gasteiger partial charge < -0.3 is 13.9 Å². The van der Waals surface area contributed by atoms with E-state index in [4.69, 9.17) is 18.9 Å². The number of nitro groups is 1. The molecule has 0 spiro atoms. The number of carbonyl (C=O) groups is 1. The molecule has 0 N–H and O–H groups in total. The van der Waals surface area contributed by atoms with Gasteiger partial charge in [0.05, 0.1) is 35.4 Å². The van der Waals surface area contributed by atoms with Crippen molar-refractivity contribution in [2.45, 2.75) is 17.8 Å². The minimum absolute atomic E-state index is 0.0471. The SMILES string of the molecule is CCOC(=O)c1oc2ccccc2c1CSc1nc2cc([N+](=O)[O-])ccc2n1-c1ccccc1OC. The Morgan fingerprint density at radius 1 is 1.14 bits per heavy atom. The number of benzene rings is 3. The molecule has 5 rings (SSSR count). The molecule has 0 fully saturated rings. The molecule has 0 aliphatic carbocycles. The molecule has 0 aliphatic rings. The van der Waals surface area contributed by atoms with Gasteiger partial charge in [-0.15, -0.1) is 0 Å². The lowest BCUT2D eigenvalue weighted by Crippen LogP contribution is -2.06. The van der Waals surface area contributed by atoms with Crippen LogP contribution in [0.4, 0.5) is 5.69 Å². The molecule has 2 aromatic heterocycles. The molecular formula is C26H21N3O6S. The zero-order chi connectivity index (χ0) is 25.2. The van der Waals surface area contributed by atoms with Crippen molar-refractivity contribution in [1.82, 2.24) is 9.55 Å².